The summed E-state index contributed by atoms with van der Waals surface area (Å²) in [4.78, 5) is 2.34. The van der Waals surface area contributed by atoms with E-state index in [4.69, 9.17) is 15.8 Å². The summed E-state index contributed by atoms with van der Waals surface area (Å²) in [7, 11) is 0. The Morgan fingerprint density at radius 3 is 2.45 bits per heavy atom. The number of hydrogen-bond acceptors (Lipinski definition) is 4. The molecule has 1 heterocycles. The van der Waals surface area contributed by atoms with Gasteiger partial charge in [-0.05, 0) is 43.5 Å². The minimum absolute atomic E-state index is 0.635. The van der Waals surface area contributed by atoms with Gasteiger partial charge in [0.2, 0.25) is 0 Å². The second-order valence-corrected chi connectivity index (χ2v) is 6.14. The van der Waals surface area contributed by atoms with Crippen molar-refractivity contribution in [3.05, 3.63) is 34.9 Å². The van der Waals surface area contributed by atoms with E-state index in [1.807, 2.05) is 12.1 Å². The van der Waals surface area contributed by atoms with Gasteiger partial charge in [0.25, 0.3) is 0 Å². The molecular formula is C14H19ClNO3S-. The minimum Gasteiger partial charge on any atom is -0.750 e. The van der Waals surface area contributed by atoms with Crippen molar-refractivity contribution in [2.24, 2.45) is 0 Å². The highest BCUT2D eigenvalue weighted by Gasteiger charge is 2.38. The topological polar surface area (TPSA) is 52.6 Å². The molecule has 20 heavy (non-hydrogen) atoms. The van der Waals surface area contributed by atoms with Crippen LogP contribution in [0.5, 0.6) is 0 Å². The van der Waals surface area contributed by atoms with Gasteiger partial charge in [-0.3, -0.25) is 4.18 Å². The third-order valence-corrected chi connectivity index (χ3v) is 4.51. The second kappa shape index (κ2) is 7.00. The molecule has 0 radical (unpaired) electrons. The molecular weight excluding hydrogens is 298 g/mol. The van der Waals surface area contributed by atoms with Gasteiger partial charge in [-0.25, -0.2) is 4.21 Å². The van der Waals surface area contributed by atoms with Gasteiger partial charge in [0.15, 0.2) is 0 Å². The van der Waals surface area contributed by atoms with Gasteiger partial charge in [0.1, 0.15) is 5.60 Å². The Labute approximate surface area is 127 Å². The first-order valence-electron chi connectivity index (χ1n) is 6.83. The van der Waals surface area contributed by atoms with E-state index in [2.05, 4.69) is 11.8 Å². The number of benzene rings is 1. The molecule has 1 saturated heterocycles. The van der Waals surface area contributed by atoms with E-state index in [1.54, 1.807) is 12.1 Å². The maximum atomic E-state index is 11.1. The Morgan fingerprint density at radius 2 is 1.95 bits per heavy atom. The Bertz CT molecular complexity index is 458. The van der Waals surface area contributed by atoms with Crippen molar-refractivity contribution in [1.29, 1.82) is 0 Å². The average Bonchev–Trinajstić information content (AvgIpc) is 2.41. The van der Waals surface area contributed by atoms with Crippen LogP contribution in [-0.4, -0.2) is 33.3 Å². The molecule has 112 valence electrons. The van der Waals surface area contributed by atoms with Gasteiger partial charge in [0, 0.05) is 18.1 Å². The van der Waals surface area contributed by atoms with Crippen LogP contribution in [-0.2, 0) is 21.1 Å². The fourth-order valence-electron chi connectivity index (χ4n) is 2.76. The lowest BCUT2D eigenvalue weighted by atomic mass is 9.84. The summed E-state index contributed by atoms with van der Waals surface area (Å²) in [5.74, 6) is 0. The zero-order valence-corrected chi connectivity index (χ0v) is 13.1. The van der Waals surface area contributed by atoms with Gasteiger partial charge < -0.3 is 9.45 Å². The molecule has 0 aromatic heterocycles. The van der Waals surface area contributed by atoms with E-state index >= 15 is 0 Å². The molecule has 1 aliphatic rings. The Hall–Kier alpha value is -0.460. The zero-order valence-electron chi connectivity index (χ0n) is 11.5. The molecule has 0 N–H and O–H groups in total. The highest BCUT2D eigenvalue weighted by molar-refractivity contribution is 7.74. The summed E-state index contributed by atoms with van der Waals surface area (Å²) in [6.07, 6.45) is 2.44. The van der Waals surface area contributed by atoms with Gasteiger partial charge in [-0.1, -0.05) is 30.7 Å². The average molecular weight is 317 g/mol. The number of hydrogen-bond donors (Lipinski definition) is 0. The molecule has 2 rings (SSSR count). The molecule has 1 aromatic rings. The maximum Gasteiger partial charge on any atom is 0.112 e. The van der Waals surface area contributed by atoms with Crippen molar-refractivity contribution in [1.82, 2.24) is 4.90 Å². The summed E-state index contributed by atoms with van der Waals surface area (Å²) >= 11 is 3.37. The van der Waals surface area contributed by atoms with Gasteiger partial charge in [-0.2, -0.15) is 0 Å². The van der Waals surface area contributed by atoms with E-state index < -0.39 is 17.0 Å². The van der Waals surface area contributed by atoms with Crippen LogP contribution >= 0.6 is 11.6 Å². The summed E-state index contributed by atoms with van der Waals surface area (Å²) < 4.78 is 27.4. The molecule has 0 amide bonds. The van der Waals surface area contributed by atoms with Crippen LogP contribution in [0.4, 0.5) is 0 Å². The predicted octanol–water partition coefficient (Wildman–Crippen LogP) is 2.85. The van der Waals surface area contributed by atoms with E-state index in [0.717, 1.165) is 31.6 Å². The van der Waals surface area contributed by atoms with Crippen molar-refractivity contribution in [2.75, 3.05) is 19.6 Å². The summed E-state index contributed by atoms with van der Waals surface area (Å²) in [6.45, 7) is 4.86. The number of likely N-dealkylation sites (tertiary alicyclic amines) is 1. The molecule has 0 spiro atoms. The van der Waals surface area contributed by atoms with E-state index in [9.17, 15) is 8.76 Å². The highest BCUT2D eigenvalue weighted by Crippen LogP contribution is 2.37. The van der Waals surface area contributed by atoms with Gasteiger partial charge in [0.05, 0.1) is 11.4 Å². The molecule has 1 atom stereocenters. The largest absolute Gasteiger partial charge is 0.750 e. The van der Waals surface area contributed by atoms with Gasteiger partial charge >= 0.3 is 0 Å². The predicted molar refractivity (Wildman–Crippen MR) is 79.1 cm³/mol. The molecule has 6 heteroatoms. The first-order chi connectivity index (χ1) is 9.55. The van der Waals surface area contributed by atoms with Crippen LogP contribution in [0.25, 0.3) is 0 Å². The summed E-state index contributed by atoms with van der Waals surface area (Å²) in [5, 5.41) is 0.635. The fraction of sp³-hybridized carbons (Fsp3) is 0.571. The smallest absolute Gasteiger partial charge is 0.112 e. The first-order valence-corrected chi connectivity index (χ1v) is 8.21. The van der Waals surface area contributed by atoms with Crippen molar-refractivity contribution in [3.63, 3.8) is 0 Å². The number of nitrogens with zero attached hydrogens (tertiary/aromatic N) is 1. The quantitative estimate of drug-likeness (QED) is 0.784. The van der Waals surface area contributed by atoms with Crippen LogP contribution < -0.4 is 0 Å². The molecule has 4 nitrogen and oxygen atoms in total. The monoisotopic (exact) mass is 316 g/mol. The molecule has 1 aliphatic heterocycles. The highest BCUT2D eigenvalue weighted by atomic mass is 35.5. The fourth-order valence-corrected chi connectivity index (χ4v) is 3.41. The van der Waals surface area contributed by atoms with Crippen LogP contribution in [0.2, 0.25) is 5.02 Å². The van der Waals surface area contributed by atoms with Gasteiger partial charge in [-0.15, -0.1) is 0 Å². The van der Waals surface area contributed by atoms with Crippen molar-refractivity contribution in [3.8, 4) is 0 Å². The molecule has 0 aliphatic carbocycles. The Morgan fingerprint density at radius 1 is 1.35 bits per heavy atom. The normalized spacial score (nSPS) is 20.8. The third kappa shape index (κ3) is 3.80. The van der Waals surface area contributed by atoms with E-state index in [1.165, 1.54) is 0 Å². The Balaban J connectivity index is 2.19. The lowest BCUT2D eigenvalue weighted by Crippen LogP contribution is -2.44. The van der Waals surface area contributed by atoms with Crippen LogP contribution in [0.15, 0.2) is 24.3 Å². The van der Waals surface area contributed by atoms with Crippen LogP contribution in [0, 0.1) is 0 Å². The second-order valence-electron chi connectivity index (χ2n) is 5.13. The van der Waals surface area contributed by atoms with Crippen LogP contribution in [0.3, 0.4) is 0 Å². The SMILES string of the molecule is CCCN1CCC(OS(=O)[O-])(c2ccc(Cl)cc2)CC1. The zero-order chi connectivity index (χ0) is 14.6. The maximum absolute atomic E-state index is 11.1. The summed E-state index contributed by atoms with van der Waals surface area (Å²) in [6, 6.07) is 7.25. The lowest BCUT2D eigenvalue weighted by molar-refractivity contribution is 0.000860. The number of piperidine rings is 1. The van der Waals surface area contributed by atoms with E-state index in [0.29, 0.717) is 17.9 Å². The van der Waals surface area contributed by atoms with Crippen molar-refractivity contribution < 1.29 is 12.9 Å². The van der Waals surface area contributed by atoms with E-state index in [-0.39, 0.29) is 0 Å². The third-order valence-electron chi connectivity index (χ3n) is 3.80. The molecule has 0 bridgehead atoms. The van der Waals surface area contributed by atoms with Crippen molar-refractivity contribution >= 4 is 23.0 Å². The number of halogens is 1. The minimum atomic E-state index is -2.52. The lowest BCUT2D eigenvalue weighted by Gasteiger charge is -2.41. The molecule has 1 unspecified atom stereocenters. The van der Waals surface area contributed by atoms with Crippen LogP contribution in [0.1, 0.15) is 31.7 Å². The molecule has 1 aromatic carbocycles. The summed E-state index contributed by atoms with van der Waals surface area (Å²) in [5.41, 5.74) is 0.129. The standard InChI is InChI=1S/C14H20ClNO3S/c1-2-9-16-10-7-14(8-11-16,19-20(17)18)12-3-5-13(15)6-4-12/h3-6H,2,7-11H2,1H3,(H,17,18)/p-1. The molecule has 0 saturated carbocycles. The Kier molecular flexibility index (Phi) is 5.57. The number of rotatable bonds is 5. The molecule has 1 fully saturated rings. The first kappa shape index (κ1) is 15.9. The van der Waals surface area contributed by atoms with Crippen molar-refractivity contribution in [2.45, 2.75) is 31.8 Å².